The van der Waals surface area contributed by atoms with Crippen molar-refractivity contribution in [3.63, 3.8) is 0 Å². The fraction of sp³-hybridized carbons (Fsp3) is 0.222. The maximum Gasteiger partial charge on any atom is 0.336 e. The average Bonchev–Trinajstić information content (AvgIpc) is 3.00. The van der Waals surface area contributed by atoms with Crippen LogP contribution in [0.15, 0.2) is 43.1 Å². The van der Waals surface area contributed by atoms with Crippen molar-refractivity contribution in [2.24, 2.45) is 14.1 Å². The number of ether oxygens (including phenoxy) is 1. The molecule has 0 N–H and O–H groups in total. The second-order valence-corrected chi connectivity index (χ2v) is 6.64. The van der Waals surface area contributed by atoms with E-state index in [9.17, 15) is 14.4 Å². The number of hydrogen-bond acceptors (Lipinski definition) is 6. The van der Waals surface area contributed by atoms with Crippen LogP contribution in [0.25, 0.3) is 22.1 Å². The van der Waals surface area contributed by atoms with Crippen molar-refractivity contribution in [2.45, 2.75) is 6.54 Å². The molecule has 0 bridgehead atoms. The molecule has 3 aromatic heterocycles. The number of benzene rings is 1. The molecular weight excluding hydrogens is 388 g/mol. The molecule has 3 heterocycles. The zero-order valence-electron chi connectivity index (χ0n) is 15.2. The van der Waals surface area contributed by atoms with Crippen molar-refractivity contribution in [1.82, 2.24) is 18.7 Å². The van der Waals surface area contributed by atoms with Crippen LogP contribution in [0.3, 0.4) is 0 Å². The van der Waals surface area contributed by atoms with E-state index < -0.39 is 16.9 Å². The summed E-state index contributed by atoms with van der Waals surface area (Å²) in [6.45, 7) is 0.0945. The van der Waals surface area contributed by atoms with Crippen LogP contribution in [-0.4, -0.2) is 25.8 Å². The van der Waals surface area contributed by atoms with E-state index in [1.165, 1.54) is 36.4 Å². The van der Waals surface area contributed by atoms with Crippen molar-refractivity contribution < 1.29 is 9.15 Å². The Hall–Kier alpha value is -3.33. The van der Waals surface area contributed by atoms with Crippen LogP contribution < -0.4 is 21.6 Å². The first-order valence-corrected chi connectivity index (χ1v) is 8.62. The molecule has 4 rings (SSSR count). The van der Waals surface area contributed by atoms with Gasteiger partial charge >= 0.3 is 11.3 Å². The molecule has 0 fully saturated rings. The molecule has 0 unspecified atom stereocenters. The third-order valence-corrected chi connectivity index (χ3v) is 4.96. The van der Waals surface area contributed by atoms with E-state index in [0.29, 0.717) is 22.3 Å². The lowest BCUT2D eigenvalue weighted by Gasteiger charge is -2.10. The van der Waals surface area contributed by atoms with Crippen molar-refractivity contribution in [2.75, 3.05) is 7.11 Å². The van der Waals surface area contributed by atoms with E-state index in [4.69, 9.17) is 20.8 Å². The molecular formula is C18H15ClN4O5. The summed E-state index contributed by atoms with van der Waals surface area (Å²) in [5.41, 5.74) is -0.287. The van der Waals surface area contributed by atoms with Crippen LogP contribution in [0, 0.1) is 0 Å². The summed E-state index contributed by atoms with van der Waals surface area (Å²) < 4.78 is 14.1. The SMILES string of the molecule is COc1ccc2c(Cn3c(Cl)nc4c3c(=O)n(C)c(=O)n4C)cc(=O)oc2c1. The Morgan fingerprint density at radius 1 is 1.14 bits per heavy atom. The molecule has 144 valence electrons. The second-order valence-electron chi connectivity index (χ2n) is 6.30. The average molecular weight is 403 g/mol. The van der Waals surface area contributed by atoms with E-state index in [1.54, 1.807) is 18.2 Å². The fourth-order valence-corrected chi connectivity index (χ4v) is 3.43. The number of methoxy groups -OCH3 is 1. The van der Waals surface area contributed by atoms with Gasteiger partial charge in [-0.15, -0.1) is 0 Å². The molecule has 10 heteroatoms. The molecule has 0 atom stereocenters. The van der Waals surface area contributed by atoms with Crippen LogP contribution in [-0.2, 0) is 20.6 Å². The van der Waals surface area contributed by atoms with E-state index in [0.717, 1.165) is 4.57 Å². The second kappa shape index (κ2) is 6.38. The quantitative estimate of drug-likeness (QED) is 0.377. The van der Waals surface area contributed by atoms with Gasteiger partial charge < -0.3 is 13.7 Å². The van der Waals surface area contributed by atoms with Crippen LogP contribution in [0.4, 0.5) is 0 Å². The maximum atomic E-state index is 12.7. The van der Waals surface area contributed by atoms with E-state index in [1.807, 2.05) is 0 Å². The summed E-state index contributed by atoms with van der Waals surface area (Å²) >= 11 is 6.27. The molecule has 28 heavy (non-hydrogen) atoms. The first kappa shape index (κ1) is 18.1. The standard InChI is InChI=1S/C18H15ClN4O5/c1-21-15-14(16(25)22(2)18(21)26)23(17(19)20-15)8-9-6-13(24)28-12-7-10(27-3)4-5-11(9)12/h4-7H,8H2,1-3H3. The molecule has 0 aliphatic carbocycles. The van der Waals surface area contributed by atoms with Crippen molar-refractivity contribution in [1.29, 1.82) is 0 Å². The number of fused-ring (bicyclic) bond motifs is 2. The van der Waals surface area contributed by atoms with Gasteiger partial charge in [-0.3, -0.25) is 13.9 Å². The van der Waals surface area contributed by atoms with Gasteiger partial charge in [0.1, 0.15) is 11.3 Å². The van der Waals surface area contributed by atoms with E-state index >= 15 is 0 Å². The Morgan fingerprint density at radius 2 is 1.89 bits per heavy atom. The van der Waals surface area contributed by atoms with Crippen molar-refractivity contribution >= 4 is 33.7 Å². The summed E-state index contributed by atoms with van der Waals surface area (Å²) in [6, 6.07) is 6.44. The zero-order valence-corrected chi connectivity index (χ0v) is 16.0. The number of imidazole rings is 1. The smallest absolute Gasteiger partial charge is 0.336 e. The lowest BCUT2D eigenvalue weighted by atomic mass is 10.1. The van der Waals surface area contributed by atoms with Gasteiger partial charge in [-0.05, 0) is 29.3 Å². The topological polar surface area (TPSA) is 101 Å². The summed E-state index contributed by atoms with van der Waals surface area (Å²) in [6.07, 6.45) is 0. The van der Waals surface area contributed by atoms with E-state index in [2.05, 4.69) is 4.98 Å². The zero-order chi connectivity index (χ0) is 20.2. The Labute approximate surface area is 162 Å². The summed E-state index contributed by atoms with van der Waals surface area (Å²) in [5, 5.41) is 0.697. The Bertz CT molecular complexity index is 1430. The van der Waals surface area contributed by atoms with Gasteiger partial charge in [0.2, 0.25) is 5.28 Å². The van der Waals surface area contributed by atoms with Gasteiger partial charge in [-0.1, -0.05) is 0 Å². The predicted octanol–water partition coefficient (Wildman–Crippen LogP) is 1.25. The Balaban J connectivity index is 1.99. The van der Waals surface area contributed by atoms with Gasteiger partial charge in [-0.2, -0.15) is 4.98 Å². The number of nitrogens with zero attached hydrogens (tertiary/aromatic N) is 4. The molecule has 0 radical (unpaired) electrons. The molecule has 4 aromatic rings. The van der Waals surface area contributed by atoms with Crippen LogP contribution in [0.2, 0.25) is 5.28 Å². The normalized spacial score (nSPS) is 11.4. The largest absolute Gasteiger partial charge is 0.497 e. The molecule has 0 spiro atoms. The first-order chi connectivity index (χ1) is 13.3. The van der Waals surface area contributed by atoms with Gasteiger partial charge in [0.05, 0.1) is 13.7 Å². The fourth-order valence-electron chi connectivity index (χ4n) is 3.20. The lowest BCUT2D eigenvalue weighted by Crippen LogP contribution is -2.37. The first-order valence-electron chi connectivity index (χ1n) is 8.24. The van der Waals surface area contributed by atoms with Crippen LogP contribution >= 0.6 is 11.6 Å². The predicted molar refractivity (Wildman–Crippen MR) is 103 cm³/mol. The summed E-state index contributed by atoms with van der Waals surface area (Å²) in [4.78, 5) is 41.0. The van der Waals surface area contributed by atoms with E-state index in [-0.39, 0.29) is 23.0 Å². The van der Waals surface area contributed by atoms with Gasteiger partial charge in [0.15, 0.2) is 11.2 Å². The van der Waals surface area contributed by atoms with Crippen molar-refractivity contribution in [3.05, 3.63) is 66.4 Å². The Kier molecular flexibility index (Phi) is 4.11. The third-order valence-electron chi connectivity index (χ3n) is 4.67. The minimum Gasteiger partial charge on any atom is -0.497 e. The number of halogens is 1. The minimum absolute atomic E-state index is 0.0307. The van der Waals surface area contributed by atoms with Crippen LogP contribution in [0.1, 0.15) is 5.56 Å². The lowest BCUT2D eigenvalue weighted by molar-refractivity contribution is 0.414. The van der Waals surface area contributed by atoms with Gasteiger partial charge in [0.25, 0.3) is 5.56 Å². The molecule has 0 amide bonds. The number of hydrogen-bond donors (Lipinski definition) is 0. The van der Waals surface area contributed by atoms with Gasteiger partial charge in [-0.25, -0.2) is 9.59 Å². The molecule has 0 aliphatic heterocycles. The highest BCUT2D eigenvalue weighted by atomic mass is 35.5. The van der Waals surface area contributed by atoms with Gasteiger partial charge in [0, 0.05) is 31.6 Å². The molecule has 0 saturated carbocycles. The minimum atomic E-state index is -0.545. The highest BCUT2D eigenvalue weighted by Crippen LogP contribution is 2.25. The van der Waals surface area contributed by atoms with Crippen molar-refractivity contribution in [3.8, 4) is 5.75 Å². The molecule has 0 aliphatic rings. The monoisotopic (exact) mass is 402 g/mol. The highest BCUT2D eigenvalue weighted by Gasteiger charge is 2.19. The molecule has 1 aromatic carbocycles. The molecule has 9 nitrogen and oxygen atoms in total. The number of aromatic nitrogens is 4. The summed E-state index contributed by atoms with van der Waals surface area (Å²) in [5.74, 6) is 0.544. The maximum absolute atomic E-state index is 12.7. The van der Waals surface area contributed by atoms with Crippen LogP contribution in [0.5, 0.6) is 5.75 Å². The Morgan fingerprint density at radius 3 is 2.61 bits per heavy atom. The number of aryl methyl sites for hydroxylation is 1. The highest BCUT2D eigenvalue weighted by molar-refractivity contribution is 6.29. The third kappa shape index (κ3) is 2.63. The number of rotatable bonds is 3. The summed E-state index contributed by atoms with van der Waals surface area (Å²) in [7, 11) is 4.41. The molecule has 0 saturated heterocycles.